The minimum absolute atomic E-state index is 0.116. The van der Waals surface area contributed by atoms with Crippen molar-refractivity contribution in [3.8, 4) is 5.69 Å². The highest BCUT2D eigenvalue weighted by atomic mass is 32.2. The van der Waals surface area contributed by atoms with Crippen molar-refractivity contribution in [2.75, 3.05) is 17.2 Å². The van der Waals surface area contributed by atoms with Crippen molar-refractivity contribution in [3.63, 3.8) is 0 Å². The number of hydrogen-bond donors (Lipinski definition) is 2. The molecule has 32 heavy (non-hydrogen) atoms. The van der Waals surface area contributed by atoms with Gasteiger partial charge >= 0.3 is 5.97 Å². The van der Waals surface area contributed by atoms with Gasteiger partial charge in [-0.05, 0) is 51.1 Å². The van der Waals surface area contributed by atoms with E-state index in [0.29, 0.717) is 17.1 Å². The first-order chi connectivity index (χ1) is 15.3. The zero-order chi connectivity index (χ0) is 22.8. The fourth-order valence-electron chi connectivity index (χ4n) is 3.37. The second kappa shape index (κ2) is 8.88. The van der Waals surface area contributed by atoms with E-state index in [-0.39, 0.29) is 16.7 Å². The lowest BCUT2D eigenvalue weighted by molar-refractivity contribution is -0.119. The van der Waals surface area contributed by atoms with Crippen molar-refractivity contribution in [1.82, 2.24) is 9.78 Å². The van der Waals surface area contributed by atoms with Gasteiger partial charge in [0, 0.05) is 4.90 Å². The van der Waals surface area contributed by atoms with Crippen molar-refractivity contribution in [3.05, 3.63) is 65.5 Å². The highest BCUT2D eigenvalue weighted by Gasteiger charge is 2.24. The van der Waals surface area contributed by atoms with E-state index in [4.69, 9.17) is 4.74 Å². The van der Waals surface area contributed by atoms with E-state index in [9.17, 15) is 14.4 Å². The van der Waals surface area contributed by atoms with Gasteiger partial charge < -0.3 is 15.4 Å². The standard InChI is InChI=1S/C23H22N4O4S/c1-13-21(14(2)27(26-13)17-7-5-4-6-8-17)25-20(28)12-31-23(30)16-9-10-19-18(11-16)24-22(29)15(3)32-19/h4-11,15H,12H2,1-3H3,(H,24,29)(H,25,28). The zero-order valence-electron chi connectivity index (χ0n) is 17.8. The van der Waals surface area contributed by atoms with Crippen molar-refractivity contribution < 1.29 is 19.1 Å². The Morgan fingerprint density at radius 3 is 2.69 bits per heavy atom. The van der Waals surface area contributed by atoms with Crippen LogP contribution in [0.2, 0.25) is 0 Å². The minimum atomic E-state index is -0.644. The number of carbonyl (C=O) groups is 3. The van der Waals surface area contributed by atoms with Crippen LogP contribution in [0.1, 0.15) is 28.7 Å². The van der Waals surface area contributed by atoms with Gasteiger partial charge in [-0.25, -0.2) is 9.48 Å². The maximum absolute atomic E-state index is 12.4. The Morgan fingerprint density at radius 1 is 1.19 bits per heavy atom. The van der Waals surface area contributed by atoms with E-state index in [0.717, 1.165) is 16.3 Å². The zero-order valence-corrected chi connectivity index (χ0v) is 18.7. The Kier molecular flexibility index (Phi) is 6.00. The van der Waals surface area contributed by atoms with Crippen LogP contribution in [0.25, 0.3) is 5.69 Å². The van der Waals surface area contributed by atoms with E-state index in [2.05, 4.69) is 15.7 Å². The molecule has 1 atom stereocenters. The molecule has 1 aromatic heterocycles. The third kappa shape index (κ3) is 4.38. The lowest BCUT2D eigenvalue weighted by atomic mass is 10.2. The second-order valence-electron chi connectivity index (χ2n) is 7.38. The fraction of sp³-hybridized carbons (Fsp3) is 0.217. The summed E-state index contributed by atoms with van der Waals surface area (Å²) >= 11 is 1.43. The van der Waals surface area contributed by atoms with Crippen LogP contribution in [0.3, 0.4) is 0 Å². The number of aryl methyl sites for hydroxylation is 1. The number of esters is 1. The first-order valence-corrected chi connectivity index (χ1v) is 10.9. The van der Waals surface area contributed by atoms with Gasteiger partial charge in [-0.3, -0.25) is 9.59 Å². The minimum Gasteiger partial charge on any atom is -0.452 e. The number of anilines is 2. The Labute approximate surface area is 189 Å². The molecule has 2 aromatic carbocycles. The van der Waals surface area contributed by atoms with Crippen LogP contribution in [0, 0.1) is 13.8 Å². The quantitative estimate of drug-likeness (QED) is 0.575. The van der Waals surface area contributed by atoms with E-state index < -0.39 is 18.5 Å². The molecule has 164 valence electrons. The molecule has 0 aliphatic carbocycles. The number of hydrogen-bond acceptors (Lipinski definition) is 6. The molecule has 3 aromatic rings. The third-order valence-corrected chi connectivity index (χ3v) is 6.21. The Bertz CT molecular complexity index is 1210. The van der Waals surface area contributed by atoms with E-state index in [1.54, 1.807) is 29.8 Å². The summed E-state index contributed by atoms with van der Waals surface area (Å²) in [4.78, 5) is 37.6. The predicted molar refractivity (Wildman–Crippen MR) is 122 cm³/mol. The van der Waals surface area contributed by atoms with Crippen LogP contribution in [0.5, 0.6) is 0 Å². The number of aromatic nitrogens is 2. The smallest absolute Gasteiger partial charge is 0.338 e. The number of amides is 2. The highest BCUT2D eigenvalue weighted by Crippen LogP contribution is 2.36. The van der Waals surface area contributed by atoms with Crippen molar-refractivity contribution >= 4 is 40.9 Å². The van der Waals surface area contributed by atoms with Gasteiger partial charge in [0.25, 0.3) is 5.91 Å². The SMILES string of the molecule is Cc1nn(-c2ccccc2)c(C)c1NC(=O)COC(=O)c1ccc2c(c1)NC(=O)C(C)S2. The van der Waals surface area contributed by atoms with Gasteiger partial charge in [0.2, 0.25) is 5.91 Å². The molecule has 2 amide bonds. The molecule has 8 nitrogen and oxygen atoms in total. The number of nitrogens with one attached hydrogen (secondary N) is 2. The van der Waals surface area contributed by atoms with E-state index in [1.807, 2.05) is 44.2 Å². The first-order valence-electron chi connectivity index (χ1n) is 10.0. The summed E-state index contributed by atoms with van der Waals surface area (Å²) in [6.45, 7) is 5.03. The van der Waals surface area contributed by atoms with Gasteiger partial charge in [0.05, 0.1) is 39.3 Å². The molecule has 0 saturated carbocycles. The number of rotatable bonds is 5. The Balaban J connectivity index is 1.40. The average Bonchev–Trinajstić information content (AvgIpc) is 3.07. The van der Waals surface area contributed by atoms with Crippen LogP contribution in [-0.4, -0.2) is 39.4 Å². The average molecular weight is 451 g/mol. The summed E-state index contributed by atoms with van der Waals surface area (Å²) in [5.41, 5.74) is 3.71. The predicted octanol–water partition coefficient (Wildman–Crippen LogP) is 3.72. The van der Waals surface area contributed by atoms with Gasteiger partial charge in [0.1, 0.15) is 0 Å². The number of thioether (sulfide) groups is 1. The van der Waals surface area contributed by atoms with Gasteiger partial charge in [-0.2, -0.15) is 5.10 Å². The second-order valence-corrected chi connectivity index (χ2v) is 8.76. The summed E-state index contributed by atoms with van der Waals surface area (Å²) in [5, 5.41) is 9.84. The van der Waals surface area contributed by atoms with Gasteiger partial charge in [0.15, 0.2) is 6.61 Å². The van der Waals surface area contributed by atoms with Crippen LogP contribution >= 0.6 is 11.8 Å². The number of nitrogens with zero attached hydrogens (tertiary/aromatic N) is 2. The molecule has 2 heterocycles. The summed E-state index contributed by atoms with van der Waals surface area (Å²) in [6, 6.07) is 14.5. The van der Waals surface area contributed by atoms with Gasteiger partial charge in [-0.15, -0.1) is 11.8 Å². The molecule has 0 bridgehead atoms. The van der Waals surface area contributed by atoms with Crippen molar-refractivity contribution in [2.24, 2.45) is 0 Å². The maximum atomic E-state index is 12.4. The molecule has 4 rings (SSSR count). The monoisotopic (exact) mass is 450 g/mol. The van der Waals surface area contributed by atoms with Crippen LogP contribution in [0.15, 0.2) is 53.4 Å². The van der Waals surface area contributed by atoms with Crippen molar-refractivity contribution in [1.29, 1.82) is 0 Å². The number of benzene rings is 2. The first kappa shape index (κ1) is 21.6. The topological polar surface area (TPSA) is 102 Å². The molecular weight excluding hydrogens is 428 g/mol. The summed E-state index contributed by atoms with van der Waals surface area (Å²) in [6.07, 6.45) is 0. The van der Waals surface area contributed by atoms with Gasteiger partial charge in [-0.1, -0.05) is 18.2 Å². The number of fused-ring (bicyclic) bond motifs is 1. The molecule has 1 unspecified atom stereocenters. The number of carbonyl (C=O) groups excluding carboxylic acids is 3. The van der Waals surface area contributed by atoms with E-state index >= 15 is 0 Å². The lowest BCUT2D eigenvalue weighted by Gasteiger charge is -2.21. The Morgan fingerprint density at radius 2 is 1.94 bits per heavy atom. The summed E-state index contributed by atoms with van der Waals surface area (Å²) in [7, 11) is 0. The molecule has 9 heteroatoms. The molecule has 1 aliphatic heterocycles. The van der Waals surface area contributed by atoms with E-state index in [1.165, 1.54) is 11.8 Å². The molecule has 0 saturated heterocycles. The van der Waals surface area contributed by atoms with Crippen LogP contribution in [0.4, 0.5) is 11.4 Å². The summed E-state index contributed by atoms with van der Waals surface area (Å²) < 4.78 is 6.92. The molecule has 0 radical (unpaired) electrons. The Hall–Kier alpha value is -3.59. The van der Waals surface area contributed by atoms with Crippen LogP contribution in [-0.2, 0) is 14.3 Å². The highest BCUT2D eigenvalue weighted by molar-refractivity contribution is 8.00. The largest absolute Gasteiger partial charge is 0.452 e. The third-order valence-electron chi connectivity index (χ3n) is 5.04. The fourth-order valence-corrected chi connectivity index (χ4v) is 4.30. The normalized spacial score (nSPS) is 15.0. The molecule has 0 spiro atoms. The lowest BCUT2D eigenvalue weighted by Crippen LogP contribution is -2.26. The van der Waals surface area contributed by atoms with Crippen molar-refractivity contribution in [2.45, 2.75) is 30.9 Å². The molecule has 1 aliphatic rings. The molecule has 2 N–H and O–H groups in total. The molecular formula is C23H22N4O4S. The number of para-hydroxylation sites is 1. The van der Waals surface area contributed by atoms with Crippen LogP contribution < -0.4 is 10.6 Å². The molecule has 0 fully saturated rings. The summed E-state index contributed by atoms with van der Waals surface area (Å²) in [5.74, 6) is -1.23. The number of ether oxygens (including phenoxy) is 1. The maximum Gasteiger partial charge on any atom is 0.338 e.